The Balaban J connectivity index is 3.29. The molecule has 0 radical (unpaired) electrons. The van der Waals surface area contributed by atoms with Gasteiger partial charge in [0, 0.05) is 0 Å². The molecule has 0 heterocycles. The highest BCUT2D eigenvalue weighted by molar-refractivity contribution is 6.44. The van der Waals surface area contributed by atoms with Crippen molar-refractivity contribution in [2.24, 2.45) is 0 Å². The maximum Gasteiger partial charge on any atom is 0.424 e. The molecule has 0 aliphatic rings. The number of ether oxygens (including phenoxy) is 2. The van der Waals surface area contributed by atoms with Crippen LogP contribution in [0.15, 0.2) is 18.2 Å². The first-order chi connectivity index (χ1) is 10.3. The Kier molecular flexibility index (Phi) is 5.94. The fraction of sp³-hybridized carbons (Fsp3) is 0.500. The molecule has 7 heteroatoms. The topological polar surface area (TPSA) is 55.8 Å². The van der Waals surface area contributed by atoms with E-state index in [1.807, 2.05) is 0 Å². The van der Waals surface area contributed by atoms with E-state index in [4.69, 9.17) is 32.7 Å². The van der Waals surface area contributed by atoms with Gasteiger partial charge < -0.3 is 9.47 Å². The fourth-order valence-corrected chi connectivity index (χ4v) is 1.93. The Labute approximate surface area is 146 Å². The number of hydrogen-bond acceptors (Lipinski definition) is 4. The molecule has 0 fully saturated rings. The van der Waals surface area contributed by atoms with E-state index in [1.54, 1.807) is 53.7 Å². The number of carbonyl (C=O) groups is 2. The van der Waals surface area contributed by atoms with E-state index in [0.717, 1.165) is 4.90 Å². The molecule has 5 nitrogen and oxygen atoms in total. The lowest BCUT2D eigenvalue weighted by molar-refractivity contribution is 0.0431. The van der Waals surface area contributed by atoms with Gasteiger partial charge in [-0.05, 0) is 53.7 Å². The summed E-state index contributed by atoms with van der Waals surface area (Å²) in [6.45, 7) is 10.2. The van der Waals surface area contributed by atoms with E-state index in [0.29, 0.717) is 0 Å². The van der Waals surface area contributed by atoms with Gasteiger partial charge in [0.25, 0.3) is 0 Å². The van der Waals surface area contributed by atoms with E-state index < -0.39 is 23.4 Å². The van der Waals surface area contributed by atoms with Crippen LogP contribution in [0, 0.1) is 0 Å². The predicted octanol–water partition coefficient (Wildman–Crippen LogP) is 5.67. The number of anilines is 1. The van der Waals surface area contributed by atoms with Crippen molar-refractivity contribution in [1.82, 2.24) is 0 Å². The summed E-state index contributed by atoms with van der Waals surface area (Å²) < 4.78 is 10.5. The van der Waals surface area contributed by atoms with Crippen LogP contribution in [0.25, 0.3) is 0 Å². The Morgan fingerprint density at radius 3 is 1.74 bits per heavy atom. The minimum absolute atomic E-state index is 0.0610. The zero-order valence-electron chi connectivity index (χ0n) is 14.1. The van der Waals surface area contributed by atoms with Crippen LogP contribution in [0.5, 0.6) is 0 Å². The van der Waals surface area contributed by atoms with Crippen molar-refractivity contribution in [3.05, 3.63) is 28.2 Å². The maximum absolute atomic E-state index is 12.5. The Morgan fingerprint density at radius 1 is 0.913 bits per heavy atom. The molecule has 1 rings (SSSR count). The smallest absolute Gasteiger partial charge is 0.424 e. The Hall–Kier alpha value is -1.46. The van der Waals surface area contributed by atoms with E-state index in [1.165, 1.54) is 6.07 Å². The van der Waals surface area contributed by atoms with Gasteiger partial charge >= 0.3 is 12.2 Å². The number of rotatable bonds is 1. The first kappa shape index (κ1) is 19.6. The molecule has 1 aromatic rings. The predicted molar refractivity (Wildman–Crippen MR) is 91.4 cm³/mol. The second kappa shape index (κ2) is 6.97. The summed E-state index contributed by atoms with van der Waals surface area (Å²) in [4.78, 5) is 25.6. The summed E-state index contributed by atoms with van der Waals surface area (Å²) in [5.74, 6) is 0. The standard InChI is InChI=1S/C16H21Cl2NO4/c1-15(2,3)22-13(20)19(14(21)23-16(4,5)6)11-9-7-8-10(17)12(11)18/h7-9H,1-6H3. The zero-order valence-corrected chi connectivity index (χ0v) is 15.6. The minimum atomic E-state index is -0.893. The van der Waals surface area contributed by atoms with Crippen LogP contribution in [0.3, 0.4) is 0 Å². The molecule has 0 unspecified atom stereocenters. The summed E-state index contributed by atoms with van der Waals surface area (Å²) in [7, 11) is 0. The fourth-order valence-electron chi connectivity index (χ4n) is 1.55. The molecule has 0 saturated carbocycles. The minimum Gasteiger partial charge on any atom is -0.443 e. The highest BCUT2D eigenvalue weighted by Crippen LogP contribution is 2.34. The van der Waals surface area contributed by atoms with E-state index in [9.17, 15) is 9.59 Å². The third kappa shape index (κ3) is 5.92. The van der Waals surface area contributed by atoms with Crippen LogP contribution in [0.1, 0.15) is 41.5 Å². The molecular formula is C16H21Cl2NO4. The molecule has 2 amide bonds. The van der Waals surface area contributed by atoms with Crippen LogP contribution >= 0.6 is 23.2 Å². The molecule has 23 heavy (non-hydrogen) atoms. The van der Waals surface area contributed by atoms with Crippen molar-refractivity contribution >= 4 is 41.1 Å². The van der Waals surface area contributed by atoms with Gasteiger partial charge in [0.2, 0.25) is 0 Å². The monoisotopic (exact) mass is 361 g/mol. The zero-order chi connectivity index (χ0) is 18.0. The van der Waals surface area contributed by atoms with E-state index in [2.05, 4.69) is 0 Å². The van der Waals surface area contributed by atoms with E-state index in [-0.39, 0.29) is 15.7 Å². The number of amides is 2. The summed E-state index contributed by atoms with van der Waals surface area (Å²) >= 11 is 12.1. The average Bonchev–Trinajstić information content (AvgIpc) is 2.30. The summed E-state index contributed by atoms with van der Waals surface area (Å²) in [5.41, 5.74) is -1.48. The summed E-state index contributed by atoms with van der Waals surface area (Å²) in [5, 5.41) is 0.271. The molecule has 0 aliphatic carbocycles. The first-order valence-corrected chi connectivity index (χ1v) is 7.77. The van der Waals surface area contributed by atoms with Crippen molar-refractivity contribution in [1.29, 1.82) is 0 Å². The van der Waals surface area contributed by atoms with Gasteiger partial charge in [-0.15, -0.1) is 0 Å². The van der Waals surface area contributed by atoms with Gasteiger partial charge in [-0.1, -0.05) is 29.3 Å². The maximum atomic E-state index is 12.5. The van der Waals surface area contributed by atoms with Gasteiger partial charge in [0.05, 0.1) is 15.7 Å². The highest BCUT2D eigenvalue weighted by Gasteiger charge is 2.34. The molecule has 0 spiro atoms. The van der Waals surface area contributed by atoms with Crippen LogP contribution in [-0.4, -0.2) is 23.4 Å². The number of halogens is 2. The third-order valence-electron chi connectivity index (χ3n) is 2.32. The quantitative estimate of drug-likeness (QED) is 0.646. The van der Waals surface area contributed by atoms with Crippen molar-refractivity contribution in [2.75, 3.05) is 4.90 Å². The molecule has 0 bridgehead atoms. The lowest BCUT2D eigenvalue weighted by Crippen LogP contribution is -2.44. The lowest BCUT2D eigenvalue weighted by atomic mass is 10.2. The Bertz CT molecular complexity index is 575. The lowest BCUT2D eigenvalue weighted by Gasteiger charge is -2.29. The first-order valence-electron chi connectivity index (χ1n) is 7.02. The van der Waals surface area contributed by atoms with Gasteiger partial charge in [-0.2, -0.15) is 4.90 Å². The van der Waals surface area contributed by atoms with Gasteiger partial charge in [0.15, 0.2) is 0 Å². The highest BCUT2D eigenvalue weighted by atomic mass is 35.5. The SMILES string of the molecule is CC(C)(C)OC(=O)N(C(=O)OC(C)(C)C)c1cccc(Cl)c1Cl. The van der Waals surface area contributed by atoms with Crippen molar-refractivity contribution < 1.29 is 19.1 Å². The molecule has 0 aliphatic heterocycles. The number of imide groups is 1. The third-order valence-corrected chi connectivity index (χ3v) is 3.13. The van der Waals surface area contributed by atoms with Crippen molar-refractivity contribution in [3.63, 3.8) is 0 Å². The number of nitrogens with zero attached hydrogens (tertiary/aromatic N) is 1. The molecule has 128 valence electrons. The summed E-state index contributed by atoms with van der Waals surface area (Å²) in [6.07, 6.45) is -1.79. The van der Waals surface area contributed by atoms with Gasteiger partial charge in [-0.3, -0.25) is 0 Å². The second-order valence-corrected chi connectivity index (χ2v) is 7.65. The van der Waals surface area contributed by atoms with Crippen LogP contribution in [0.2, 0.25) is 10.0 Å². The average molecular weight is 362 g/mol. The van der Waals surface area contributed by atoms with Gasteiger partial charge in [0.1, 0.15) is 11.2 Å². The second-order valence-electron chi connectivity index (χ2n) is 6.87. The van der Waals surface area contributed by atoms with Gasteiger partial charge in [-0.25, -0.2) is 9.59 Å². The number of hydrogen-bond donors (Lipinski definition) is 0. The molecule has 1 aromatic carbocycles. The van der Waals surface area contributed by atoms with Crippen LogP contribution in [-0.2, 0) is 9.47 Å². The molecule has 0 atom stereocenters. The van der Waals surface area contributed by atoms with E-state index >= 15 is 0 Å². The number of carbonyl (C=O) groups excluding carboxylic acids is 2. The Morgan fingerprint density at radius 2 is 1.35 bits per heavy atom. The molecule has 0 aromatic heterocycles. The largest absolute Gasteiger partial charge is 0.443 e. The van der Waals surface area contributed by atoms with Crippen molar-refractivity contribution in [3.8, 4) is 0 Å². The number of benzene rings is 1. The summed E-state index contributed by atoms with van der Waals surface area (Å²) in [6, 6.07) is 4.61. The molecule has 0 saturated heterocycles. The van der Waals surface area contributed by atoms with Crippen molar-refractivity contribution in [2.45, 2.75) is 52.7 Å². The van der Waals surface area contributed by atoms with Crippen LogP contribution in [0.4, 0.5) is 15.3 Å². The molecule has 0 N–H and O–H groups in total. The van der Waals surface area contributed by atoms with Crippen LogP contribution < -0.4 is 4.90 Å². The normalized spacial score (nSPS) is 11.8. The molecular weight excluding hydrogens is 341 g/mol.